The number of carbonyl (C=O) groups excluding carboxylic acids is 1. The van der Waals surface area contributed by atoms with E-state index in [1.807, 2.05) is 30.3 Å². The van der Waals surface area contributed by atoms with Gasteiger partial charge in [0.1, 0.15) is 11.6 Å². The fourth-order valence-corrected chi connectivity index (χ4v) is 3.24. The standard InChI is InChI=1S/C24H29N3O4/c1-4-5-6-16-31-20-12-10-18(11-13-20)24(28)26-22-14-15-25-27(22)17-19-8-7-9-21(29-2)23(19)30-3/h7-15H,4-6,16-17H2,1-3H3,(H,26,28). The molecule has 2 aromatic carbocycles. The van der Waals surface area contributed by atoms with Gasteiger partial charge >= 0.3 is 0 Å². The molecule has 0 spiro atoms. The van der Waals surface area contributed by atoms with Crippen molar-refractivity contribution in [3.8, 4) is 17.2 Å². The van der Waals surface area contributed by atoms with E-state index < -0.39 is 0 Å². The van der Waals surface area contributed by atoms with Crippen molar-refractivity contribution in [2.24, 2.45) is 0 Å². The maximum atomic E-state index is 12.7. The Morgan fingerprint density at radius 3 is 2.55 bits per heavy atom. The van der Waals surface area contributed by atoms with Crippen molar-refractivity contribution < 1.29 is 19.0 Å². The first kappa shape index (κ1) is 22.2. The quantitative estimate of drug-likeness (QED) is 0.450. The number of nitrogens with one attached hydrogen (secondary N) is 1. The molecule has 0 aliphatic carbocycles. The van der Waals surface area contributed by atoms with Crippen molar-refractivity contribution in [1.29, 1.82) is 0 Å². The second-order valence-corrected chi connectivity index (χ2v) is 7.06. The first-order valence-corrected chi connectivity index (χ1v) is 10.4. The predicted octanol–water partition coefficient (Wildman–Crippen LogP) is 4.77. The molecule has 0 aliphatic heterocycles. The number of rotatable bonds is 11. The zero-order chi connectivity index (χ0) is 22.1. The first-order chi connectivity index (χ1) is 15.2. The van der Waals surface area contributed by atoms with Crippen molar-refractivity contribution in [3.05, 3.63) is 65.9 Å². The van der Waals surface area contributed by atoms with Crippen LogP contribution in [-0.4, -0.2) is 36.5 Å². The maximum absolute atomic E-state index is 12.7. The molecule has 164 valence electrons. The summed E-state index contributed by atoms with van der Waals surface area (Å²) in [5.74, 6) is 2.44. The van der Waals surface area contributed by atoms with Gasteiger partial charge < -0.3 is 19.5 Å². The van der Waals surface area contributed by atoms with E-state index in [2.05, 4.69) is 17.3 Å². The van der Waals surface area contributed by atoms with Crippen LogP contribution >= 0.6 is 0 Å². The van der Waals surface area contributed by atoms with Gasteiger partial charge in [-0.05, 0) is 36.8 Å². The van der Waals surface area contributed by atoms with Gasteiger partial charge in [-0.15, -0.1) is 0 Å². The number of amides is 1. The van der Waals surface area contributed by atoms with E-state index in [0.717, 1.165) is 30.6 Å². The number of benzene rings is 2. The number of anilines is 1. The van der Waals surface area contributed by atoms with Crippen molar-refractivity contribution in [2.45, 2.75) is 32.7 Å². The summed E-state index contributed by atoms with van der Waals surface area (Å²) in [4.78, 5) is 12.7. The normalized spacial score (nSPS) is 10.5. The van der Waals surface area contributed by atoms with Gasteiger partial charge in [0.15, 0.2) is 11.5 Å². The molecule has 0 aliphatic rings. The zero-order valence-electron chi connectivity index (χ0n) is 18.3. The molecule has 0 fully saturated rings. The summed E-state index contributed by atoms with van der Waals surface area (Å²) in [5.41, 5.74) is 1.44. The van der Waals surface area contributed by atoms with Crippen LogP contribution in [0.2, 0.25) is 0 Å². The fourth-order valence-electron chi connectivity index (χ4n) is 3.24. The minimum atomic E-state index is -0.211. The lowest BCUT2D eigenvalue weighted by Gasteiger charge is -2.14. The van der Waals surface area contributed by atoms with Crippen LogP contribution in [0.25, 0.3) is 0 Å². The average molecular weight is 424 g/mol. The monoisotopic (exact) mass is 423 g/mol. The largest absolute Gasteiger partial charge is 0.494 e. The Bertz CT molecular complexity index is 983. The molecule has 0 atom stereocenters. The molecular weight excluding hydrogens is 394 g/mol. The number of para-hydroxylation sites is 1. The van der Waals surface area contributed by atoms with Gasteiger partial charge in [0.2, 0.25) is 0 Å². The smallest absolute Gasteiger partial charge is 0.256 e. The van der Waals surface area contributed by atoms with E-state index in [-0.39, 0.29) is 5.91 Å². The number of aromatic nitrogens is 2. The summed E-state index contributed by atoms with van der Waals surface area (Å²) in [6.45, 7) is 3.27. The highest BCUT2D eigenvalue weighted by molar-refractivity contribution is 6.03. The van der Waals surface area contributed by atoms with Crippen LogP contribution in [-0.2, 0) is 6.54 Å². The molecule has 3 rings (SSSR count). The Kier molecular flexibility index (Phi) is 7.92. The van der Waals surface area contributed by atoms with Gasteiger partial charge in [-0.2, -0.15) is 5.10 Å². The van der Waals surface area contributed by atoms with Gasteiger partial charge in [0.25, 0.3) is 5.91 Å². The minimum Gasteiger partial charge on any atom is -0.494 e. The number of hydrogen-bond donors (Lipinski definition) is 1. The SMILES string of the molecule is CCCCCOc1ccc(C(=O)Nc2ccnn2Cc2cccc(OC)c2OC)cc1. The zero-order valence-corrected chi connectivity index (χ0v) is 18.3. The van der Waals surface area contributed by atoms with E-state index in [1.165, 1.54) is 0 Å². The predicted molar refractivity (Wildman–Crippen MR) is 120 cm³/mol. The summed E-state index contributed by atoms with van der Waals surface area (Å²) in [7, 11) is 3.20. The van der Waals surface area contributed by atoms with Crippen molar-refractivity contribution in [2.75, 3.05) is 26.1 Å². The number of methoxy groups -OCH3 is 2. The van der Waals surface area contributed by atoms with Crippen LogP contribution in [0.15, 0.2) is 54.7 Å². The number of nitrogens with zero attached hydrogens (tertiary/aromatic N) is 2. The van der Waals surface area contributed by atoms with Crippen LogP contribution in [0.1, 0.15) is 42.1 Å². The average Bonchev–Trinajstić information content (AvgIpc) is 3.23. The topological polar surface area (TPSA) is 74.6 Å². The van der Waals surface area contributed by atoms with Gasteiger partial charge in [-0.25, -0.2) is 4.68 Å². The Balaban J connectivity index is 1.66. The lowest BCUT2D eigenvalue weighted by Crippen LogP contribution is -2.16. The van der Waals surface area contributed by atoms with Crippen molar-refractivity contribution >= 4 is 11.7 Å². The Morgan fingerprint density at radius 2 is 1.84 bits per heavy atom. The molecule has 1 aromatic heterocycles. The summed E-state index contributed by atoms with van der Waals surface area (Å²) in [6.07, 6.45) is 4.98. The summed E-state index contributed by atoms with van der Waals surface area (Å²) in [5, 5.41) is 7.26. The minimum absolute atomic E-state index is 0.211. The van der Waals surface area contributed by atoms with E-state index in [9.17, 15) is 4.79 Å². The molecule has 1 N–H and O–H groups in total. The number of hydrogen-bond acceptors (Lipinski definition) is 5. The molecular formula is C24H29N3O4. The summed E-state index contributed by atoms with van der Waals surface area (Å²) < 4.78 is 18.3. The number of unbranched alkanes of at least 4 members (excludes halogenated alkanes) is 2. The maximum Gasteiger partial charge on any atom is 0.256 e. The van der Waals surface area contributed by atoms with Crippen molar-refractivity contribution in [1.82, 2.24) is 9.78 Å². The molecule has 7 heteroatoms. The van der Waals surface area contributed by atoms with Crippen molar-refractivity contribution in [3.63, 3.8) is 0 Å². The van der Waals surface area contributed by atoms with Gasteiger partial charge in [-0.1, -0.05) is 31.9 Å². The van der Waals surface area contributed by atoms with E-state index >= 15 is 0 Å². The Hall–Kier alpha value is -3.48. The molecule has 0 saturated heterocycles. The molecule has 0 bridgehead atoms. The van der Waals surface area contributed by atoms with Crippen LogP contribution in [0.3, 0.4) is 0 Å². The van der Waals surface area contributed by atoms with Gasteiger partial charge in [0.05, 0.1) is 33.6 Å². The Morgan fingerprint density at radius 1 is 1.03 bits per heavy atom. The fraction of sp³-hybridized carbons (Fsp3) is 0.333. The van der Waals surface area contributed by atoms with Gasteiger partial charge in [0, 0.05) is 17.2 Å². The molecule has 31 heavy (non-hydrogen) atoms. The summed E-state index contributed by atoms with van der Waals surface area (Å²) in [6, 6.07) is 14.6. The molecule has 0 radical (unpaired) electrons. The number of carbonyl (C=O) groups is 1. The second-order valence-electron chi connectivity index (χ2n) is 7.06. The molecule has 7 nitrogen and oxygen atoms in total. The third-order valence-corrected chi connectivity index (χ3v) is 4.90. The highest BCUT2D eigenvalue weighted by atomic mass is 16.5. The van der Waals surface area contributed by atoms with E-state index in [0.29, 0.717) is 36.0 Å². The molecule has 1 heterocycles. The van der Waals surface area contributed by atoms with Crippen LogP contribution < -0.4 is 19.5 Å². The third kappa shape index (κ3) is 5.78. The number of ether oxygens (including phenoxy) is 3. The lowest BCUT2D eigenvalue weighted by molar-refractivity contribution is 0.102. The Labute approximate surface area is 182 Å². The lowest BCUT2D eigenvalue weighted by atomic mass is 10.2. The highest BCUT2D eigenvalue weighted by Crippen LogP contribution is 2.31. The summed E-state index contributed by atoms with van der Waals surface area (Å²) >= 11 is 0. The van der Waals surface area contributed by atoms with Crippen LogP contribution in [0, 0.1) is 0 Å². The molecule has 0 saturated carbocycles. The third-order valence-electron chi connectivity index (χ3n) is 4.90. The molecule has 3 aromatic rings. The second kappa shape index (κ2) is 11.1. The highest BCUT2D eigenvalue weighted by Gasteiger charge is 2.14. The van der Waals surface area contributed by atoms with Crippen LogP contribution in [0.4, 0.5) is 5.82 Å². The van der Waals surface area contributed by atoms with Gasteiger partial charge in [-0.3, -0.25) is 4.79 Å². The van der Waals surface area contributed by atoms with E-state index in [4.69, 9.17) is 14.2 Å². The van der Waals surface area contributed by atoms with Crippen LogP contribution in [0.5, 0.6) is 17.2 Å². The molecule has 1 amide bonds. The first-order valence-electron chi connectivity index (χ1n) is 10.4. The van der Waals surface area contributed by atoms with E-state index in [1.54, 1.807) is 43.3 Å². The molecule has 0 unspecified atom stereocenters.